The smallest absolute Gasteiger partial charge is 0.258 e. The predicted octanol–water partition coefficient (Wildman–Crippen LogP) is 8.13. The molecule has 0 aliphatic carbocycles. The van der Waals surface area contributed by atoms with Crippen LogP contribution in [-0.4, -0.2) is 15.4 Å². The minimum atomic E-state index is -1.91. The molecular formula is C24H32O2SSi. The minimum absolute atomic E-state index is 0.574. The summed E-state index contributed by atoms with van der Waals surface area (Å²) in [6.45, 7) is 14.0. The van der Waals surface area contributed by atoms with Gasteiger partial charge in [-0.1, -0.05) is 41.5 Å². The van der Waals surface area contributed by atoms with Crippen molar-refractivity contribution in [2.75, 3.05) is 7.11 Å². The first-order valence-corrected chi connectivity index (χ1v) is 13.1. The Hall–Kier alpha value is -1.78. The van der Waals surface area contributed by atoms with E-state index in [4.69, 9.17) is 9.16 Å². The molecule has 0 bridgehead atoms. The summed E-state index contributed by atoms with van der Waals surface area (Å²) in [6.07, 6.45) is 0. The zero-order valence-corrected chi connectivity index (χ0v) is 19.9. The van der Waals surface area contributed by atoms with E-state index in [0.717, 1.165) is 11.5 Å². The van der Waals surface area contributed by atoms with E-state index in [0.29, 0.717) is 16.6 Å². The van der Waals surface area contributed by atoms with Crippen LogP contribution in [0.4, 0.5) is 0 Å². The topological polar surface area (TPSA) is 18.5 Å². The average molecular weight is 413 g/mol. The fourth-order valence-electron chi connectivity index (χ4n) is 4.53. The molecule has 4 heteroatoms. The molecular weight excluding hydrogens is 380 g/mol. The number of thiophene rings is 1. The van der Waals surface area contributed by atoms with Crippen molar-refractivity contribution in [2.24, 2.45) is 0 Å². The summed E-state index contributed by atoms with van der Waals surface area (Å²) in [4.78, 5) is 1.27. The SMILES string of the molecule is COc1ccc2cc(-c3ccc(O[Si](C(C)C)(C(C)C)C(C)C)cc3)sc2c1. The normalized spacial score (nSPS) is 12.4. The molecule has 1 heterocycles. The molecule has 0 radical (unpaired) electrons. The number of hydrogen-bond donors (Lipinski definition) is 0. The van der Waals surface area contributed by atoms with Gasteiger partial charge in [-0.25, -0.2) is 0 Å². The first-order valence-electron chi connectivity index (χ1n) is 10.1. The average Bonchev–Trinajstić information content (AvgIpc) is 3.08. The summed E-state index contributed by atoms with van der Waals surface area (Å²) >= 11 is 1.80. The molecule has 0 aliphatic heterocycles. The number of fused-ring (bicyclic) bond motifs is 1. The molecule has 2 nitrogen and oxygen atoms in total. The van der Waals surface area contributed by atoms with Crippen LogP contribution in [0.25, 0.3) is 20.5 Å². The molecule has 0 fully saturated rings. The number of rotatable bonds is 7. The van der Waals surface area contributed by atoms with Crippen LogP contribution in [0.1, 0.15) is 41.5 Å². The fraction of sp³-hybridized carbons (Fsp3) is 0.417. The van der Waals surface area contributed by atoms with E-state index in [1.54, 1.807) is 18.4 Å². The summed E-state index contributed by atoms with van der Waals surface area (Å²) in [5.74, 6) is 1.91. The van der Waals surface area contributed by atoms with E-state index in [1.165, 1.54) is 20.5 Å². The van der Waals surface area contributed by atoms with Crippen LogP contribution in [0.5, 0.6) is 11.5 Å². The molecule has 0 atom stereocenters. The maximum atomic E-state index is 6.79. The maximum Gasteiger partial charge on any atom is 0.258 e. The van der Waals surface area contributed by atoms with Crippen molar-refractivity contribution in [3.63, 3.8) is 0 Å². The van der Waals surface area contributed by atoms with E-state index in [2.05, 4.69) is 84.0 Å². The lowest BCUT2D eigenvalue weighted by Crippen LogP contribution is -2.50. The highest BCUT2D eigenvalue weighted by Gasteiger charge is 2.46. The zero-order valence-electron chi connectivity index (χ0n) is 18.1. The van der Waals surface area contributed by atoms with Crippen molar-refractivity contribution in [2.45, 2.75) is 58.2 Å². The Morgan fingerprint density at radius 3 is 1.86 bits per heavy atom. The van der Waals surface area contributed by atoms with Gasteiger partial charge in [-0.2, -0.15) is 0 Å². The zero-order chi connectivity index (χ0) is 20.5. The van der Waals surface area contributed by atoms with Gasteiger partial charge in [-0.05, 0) is 76.1 Å². The number of ether oxygens (including phenoxy) is 1. The summed E-state index contributed by atoms with van der Waals surface area (Å²) in [5, 5.41) is 1.26. The van der Waals surface area contributed by atoms with Gasteiger partial charge in [0.25, 0.3) is 8.32 Å². The van der Waals surface area contributed by atoms with Crippen molar-refractivity contribution in [3.05, 3.63) is 48.5 Å². The lowest BCUT2D eigenvalue weighted by Gasteiger charge is -2.42. The van der Waals surface area contributed by atoms with Gasteiger partial charge in [-0.15, -0.1) is 11.3 Å². The van der Waals surface area contributed by atoms with E-state index < -0.39 is 8.32 Å². The first-order chi connectivity index (χ1) is 13.3. The molecule has 0 saturated carbocycles. The Kier molecular flexibility index (Phi) is 6.21. The van der Waals surface area contributed by atoms with Crippen molar-refractivity contribution in [1.82, 2.24) is 0 Å². The van der Waals surface area contributed by atoms with Gasteiger partial charge < -0.3 is 9.16 Å². The standard InChI is InChI=1S/C24H32O2SSi/c1-16(2)28(17(3)4,18(5)6)26-21-11-8-19(9-12-21)23-14-20-10-13-22(25-7)15-24(20)27-23/h8-18H,1-7H3. The van der Waals surface area contributed by atoms with Crippen molar-refractivity contribution < 1.29 is 9.16 Å². The number of hydrogen-bond acceptors (Lipinski definition) is 3. The second kappa shape index (κ2) is 8.30. The van der Waals surface area contributed by atoms with E-state index in [9.17, 15) is 0 Å². The highest BCUT2D eigenvalue weighted by molar-refractivity contribution is 7.22. The van der Waals surface area contributed by atoms with Crippen molar-refractivity contribution >= 4 is 29.7 Å². The third-order valence-electron chi connectivity index (χ3n) is 5.87. The first kappa shape index (κ1) is 20.9. The Bertz CT molecular complexity index is 904. The summed E-state index contributed by atoms with van der Waals surface area (Å²) in [6, 6.07) is 17.2. The summed E-state index contributed by atoms with van der Waals surface area (Å²) in [5.41, 5.74) is 2.96. The molecule has 0 N–H and O–H groups in total. The molecule has 28 heavy (non-hydrogen) atoms. The predicted molar refractivity (Wildman–Crippen MR) is 125 cm³/mol. The van der Waals surface area contributed by atoms with Crippen LogP contribution in [0.3, 0.4) is 0 Å². The van der Waals surface area contributed by atoms with Gasteiger partial charge in [0, 0.05) is 9.58 Å². The van der Waals surface area contributed by atoms with Crippen LogP contribution in [0.2, 0.25) is 16.6 Å². The largest absolute Gasteiger partial charge is 0.543 e. The van der Waals surface area contributed by atoms with Gasteiger partial charge in [0.05, 0.1) is 7.11 Å². The Morgan fingerprint density at radius 1 is 0.750 bits per heavy atom. The molecule has 3 aromatic rings. The highest BCUT2D eigenvalue weighted by Crippen LogP contribution is 2.43. The second-order valence-corrected chi connectivity index (χ2v) is 14.9. The fourth-order valence-corrected chi connectivity index (χ4v) is 10.9. The van der Waals surface area contributed by atoms with Crippen LogP contribution in [0, 0.1) is 0 Å². The lowest BCUT2D eigenvalue weighted by molar-refractivity contribution is 0.415. The molecule has 150 valence electrons. The van der Waals surface area contributed by atoms with E-state index >= 15 is 0 Å². The van der Waals surface area contributed by atoms with Gasteiger partial charge >= 0.3 is 0 Å². The minimum Gasteiger partial charge on any atom is -0.543 e. The molecule has 0 aliphatic rings. The van der Waals surface area contributed by atoms with Crippen LogP contribution in [0.15, 0.2) is 48.5 Å². The molecule has 0 unspecified atom stereocenters. The maximum absolute atomic E-state index is 6.79. The van der Waals surface area contributed by atoms with Crippen molar-refractivity contribution in [1.29, 1.82) is 0 Å². The van der Waals surface area contributed by atoms with Gasteiger partial charge in [0.2, 0.25) is 0 Å². The molecule has 0 spiro atoms. The lowest BCUT2D eigenvalue weighted by atomic mass is 10.1. The van der Waals surface area contributed by atoms with Gasteiger partial charge in [0.15, 0.2) is 0 Å². The number of benzene rings is 2. The Balaban J connectivity index is 1.89. The third kappa shape index (κ3) is 3.85. The molecule has 2 aromatic carbocycles. The van der Waals surface area contributed by atoms with Gasteiger partial charge in [0.1, 0.15) is 11.5 Å². The molecule has 0 saturated heterocycles. The summed E-state index contributed by atoms with van der Waals surface area (Å²) < 4.78 is 13.4. The van der Waals surface area contributed by atoms with Crippen molar-refractivity contribution in [3.8, 4) is 21.9 Å². The van der Waals surface area contributed by atoms with Crippen LogP contribution >= 0.6 is 11.3 Å². The molecule has 0 amide bonds. The summed E-state index contributed by atoms with van der Waals surface area (Å²) in [7, 11) is -0.202. The number of methoxy groups -OCH3 is 1. The Morgan fingerprint density at radius 2 is 1.32 bits per heavy atom. The van der Waals surface area contributed by atoms with Crippen LogP contribution in [-0.2, 0) is 0 Å². The van der Waals surface area contributed by atoms with Crippen LogP contribution < -0.4 is 9.16 Å². The Labute approximate surface area is 174 Å². The highest BCUT2D eigenvalue weighted by atomic mass is 32.1. The van der Waals surface area contributed by atoms with E-state index in [-0.39, 0.29) is 0 Å². The molecule has 1 aromatic heterocycles. The third-order valence-corrected chi connectivity index (χ3v) is 13.0. The van der Waals surface area contributed by atoms with E-state index in [1.807, 2.05) is 6.07 Å². The quantitative estimate of drug-likeness (QED) is 0.365. The molecule has 3 rings (SSSR count). The second-order valence-electron chi connectivity index (χ2n) is 8.46. The monoisotopic (exact) mass is 412 g/mol. The van der Waals surface area contributed by atoms with Gasteiger partial charge in [-0.3, -0.25) is 0 Å².